The van der Waals surface area contributed by atoms with Crippen LogP contribution in [0, 0.1) is 0 Å². The molecule has 1 N–H and O–H groups in total. The van der Waals surface area contributed by atoms with Gasteiger partial charge in [0.2, 0.25) is 0 Å². The highest BCUT2D eigenvalue weighted by molar-refractivity contribution is 7.89. The number of alkyl halides is 3. The maximum atomic E-state index is 13.6. The van der Waals surface area contributed by atoms with Crippen LogP contribution < -0.4 is 9.50 Å². The Bertz CT molecular complexity index is 1140. The van der Waals surface area contributed by atoms with Crippen LogP contribution in [0.5, 0.6) is 5.88 Å². The maximum Gasteiger partial charge on any atom is 0.425 e. The second-order valence-corrected chi connectivity index (χ2v) is 7.59. The Balaban J connectivity index is 1.72. The third-order valence-electron chi connectivity index (χ3n) is 4.64. The molecule has 2 heterocycles. The van der Waals surface area contributed by atoms with Crippen LogP contribution in [0.3, 0.4) is 0 Å². The van der Waals surface area contributed by atoms with Gasteiger partial charge in [0.05, 0.1) is 16.8 Å². The molecular formula is C18H14ClF4N5O2S. The molecule has 4 rings (SSSR count). The number of aryl methyl sites for hydroxylation is 1. The Morgan fingerprint density at radius 1 is 1.32 bits per heavy atom. The lowest BCUT2D eigenvalue weighted by molar-refractivity contribution is -0.138. The van der Waals surface area contributed by atoms with Gasteiger partial charge in [-0.25, -0.2) is 9.36 Å². The third kappa shape index (κ3) is 4.35. The molecule has 164 valence electrons. The number of benzene rings is 1. The molecule has 0 spiro atoms. The van der Waals surface area contributed by atoms with Crippen molar-refractivity contribution in [3.8, 4) is 22.8 Å². The molecule has 0 radical (unpaired) electrons. The van der Waals surface area contributed by atoms with E-state index < -0.39 is 35.9 Å². The molecule has 1 aliphatic carbocycles. The number of carbonyl (C=O) groups is 1. The van der Waals surface area contributed by atoms with Crippen LogP contribution in [-0.4, -0.2) is 31.5 Å². The molecule has 0 bridgehead atoms. The first-order chi connectivity index (χ1) is 14.7. The zero-order valence-corrected chi connectivity index (χ0v) is 17.4. The molecule has 2 aromatic heterocycles. The van der Waals surface area contributed by atoms with Crippen molar-refractivity contribution in [2.24, 2.45) is 7.05 Å². The Morgan fingerprint density at radius 2 is 2.06 bits per heavy atom. The van der Waals surface area contributed by atoms with Gasteiger partial charge in [0.15, 0.2) is 11.4 Å². The Hall–Kier alpha value is -2.73. The fourth-order valence-corrected chi connectivity index (χ4v) is 3.43. The van der Waals surface area contributed by atoms with Gasteiger partial charge in [-0.3, -0.25) is 4.79 Å². The van der Waals surface area contributed by atoms with E-state index in [1.807, 2.05) is 0 Å². The van der Waals surface area contributed by atoms with Crippen molar-refractivity contribution in [1.82, 2.24) is 24.9 Å². The average molecular weight is 476 g/mol. The molecule has 1 fully saturated rings. The van der Waals surface area contributed by atoms with Gasteiger partial charge in [0, 0.05) is 24.8 Å². The van der Waals surface area contributed by atoms with Crippen molar-refractivity contribution in [2.45, 2.75) is 25.1 Å². The standard InChI is InChI=1S/C18H14ClF4N5O2S/c1-27-17(14(18(20,21)22)16(26-27)30-31-23)28-8-10(7-24-28)9-2-5-13(19)12(6-9)15(29)25-11-3-4-11/h2,5-8,11H,3-4H2,1H3,(H,25,29). The lowest BCUT2D eigenvalue weighted by atomic mass is 10.1. The molecule has 1 saturated carbocycles. The number of hydrogen-bond donors (Lipinski definition) is 1. The van der Waals surface area contributed by atoms with E-state index in [0.29, 0.717) is 11.1 Å². The van der Waals surface area contributed by atoms with Crippen LogP contribution in [0.2, 0.25) is 5.02 Å². The largest absolute Gasteiger partial charge is 0.425 e. The molecule has 31 heavy (non-hydrogen) atoms. The Morgan fingerprint density at radius 3 is 2.71 bits per heavy atom. The van der Waals surface area contributed by atoms with Crippen molar-refractivity contribution in [3.05, 3.63) is 46.7 Å². The number of nitrogens with one attached hydrogen (secondary N) is 1. The lowest BCUT2D eigenvalue weighted by Gasteiger charge is -2.09. The normalized spacial score (nSPS) is 14.0. The summed E-state index contributed by atoms with van der Waals surface area (Å²) in [6.45, 7) is 0. The quantitative estimate of drug-likeness (QED) is 0.411. The second-order valence-electron chi connectivity index (χ2n) is 6.89. The fourth-order valence-electron chi connectivity index (χ4n) is 3.05. The Kier molecular flexibility index (Phi) is 5.60. The summed E-state index contributed by atoms with van der Waals surface area (Å²) in [5.41, 5.74) is -0.0432. The molecule has 0 aliphatic heterocycles. The number of hydrogen-bond acceptors (Lipinski definition) is 5. The molecule has 0 unspecified atom stereocenters. The highest BCUT2D eigenvalue weighted by atomic mass is 35.5. The number of carbonyl (C=O) groups excluding carboxylic acids is 1. The molecule has 1 amide bonds. The first-order valence-electron chi connectivity index (χ1n) is 8.94. The highest BCUT2D eigenvalue weighted by Crippen LogP contribution is 2.41. The molecule has 3 aromatic rings. The van der Waals surface area contributed by atoms with Gasteiger partial charge < -0.3 is 9.50 Å². The van der Waals surface area contributed by atoms with Gasteiger partial charge >= 0.3 is 6.18 Å². The number of aromatic nitrogens is 4. The van der Waals surface area contributed by atoms with Gasteiger partial charge in [-0.2, -0.15) is 18.3 Å². The smallest absolute Gasteiger partial charge is 0.374 e. The molecule has 1 aliphatic rings. The van der Waals surface area contributed by atoms with Crippen LogP contribution in [0.1, 0.15) is 28.8 Å². The summed E-state index contributed by atoms with van der Waals surface area (Å²) >= 11 is 5.41. The second kappa shape index (κ2) is 8.08. The van der Waals surface area contributed by atoms with Crippen molar-refractivity contribution >= 4 is 29.9 Å². The summed E-state index contributed by atoms with van der Waals surface area (Å²) < 4.78 is 59.4. The van der Waals surface area contributed by atoms with Crippen LogP contribution in [0.25, 0.3) is 16.9 Å². The molecule has 1 aromatic carbocycles. The first kappa shape index (κ1) is 21.5. The Labute approximate surface area is 182 Å². The van der Waals surface area contributed by atoms with E-state index in [1.165, 1.54) is 25.5 Å². The van der Waals surface area contributed by atoms with Gasteiger partial charge in [0.25, 0.3) is 24.2 Å². The van der Waals surface area contributed by atoms with Crippen molar-refractivity contribution < 1.29 is 26.0 Å². The molecular weight excluding hydrogens is 462 g/mol. The molecule has 0 atom stereocenters. The maximum absolute atomic E-state index is 13.6. The van der Waals surface area contributed by atoms with Crippen LogP contribution in [0.15, 0.2) is 30.6 Å². The van der Waals surface area contributed by atoms with Gasteiger partial charge in [-0.05, 0) is 30.5 Å². The summed E-state index contributed by atoms with van der Waals surface area (Å²) in [6.07, 6.45) is -0.369. The number of halogens is 5. The molecule has 13 heteroatoms. The third-order valence-corrected chi connectivity index (χ3v) is 5.19. The zero-order valence-electron chi connectivity index (χ0n) is 15.8. The van der Waals surface area contributed by atoms with E-state index in [9.17, 15) is 21.9 Å². The minimum absolute atomic E-state index is 0.138. The number of amides is 1. The summed E-state index contributed by atoms with van der Waals surface area (Å²) in [4.78, 5) is 12.4. The predicted molar refractivity (Wildman–Crippen MR) is 106 cm³/mol. The topological polar surface area (TPSA) is 74.0 Å². The van der Waals surface area contributed by atoms with E-state index in [0.717, 1.165) is 22.2 Å². The molecule has 0 saturated heterocycles. The van der Waals surface area contributed by atoms with Crippen LogP contribution in [0.4, 0.5) is 17.1 Å². The monoisotopic (exact) mass is 475 g/mol. The zero-order chi connectivity index (χ0) is 22.3. The summed E-state index contributed by atoms with van der Waals surface area (Å²) in [5.74, 6) is -1.69. The summed E-state index contributed by atoms with van der Waals surface area (Å²) in [7, 11) is 1.25. The van der Waals surface area contributed by atoms with E-state index in [-0.39, 0.29) is 22.5 Å². The predicted octanol–water partition coefficient (Wildman–Crippen LogP) is 4.75. The minimum atomic E-state index is -4.87. The van der Waals surface area contributed by atoms with Crippen LogP contribution >= 0.6 is 24.0 Å². The average Bonchev–Trinajstić information content (AvgIpc) is 3.25. The van der Waals surface area contributed by atoms with Crippen molar-refractivity contribution in [2.75, 3.05) is 0 Å². The van der Waals surface area contributed by atoms with E-state index in [2.05, 4.69) is 19.7 Å². The number of nitrogens with zero attached hydrogens (tertiary/aromatic N) is 4. The van der Waals surface area contributed by atoms with Gasteiger partial charge in [0.1, 0.15) is 0 Å². The fraction of sp³-hybridized carbons (Fsp3) is 0.278. The number of rotatable bonds is 6. The van der Waals surface area contributed by atoms with E-state index in [1.54, 1.807) is 12.1 Å². The van der Waals surface area contributed by atoms with E-state index >= 15 is 0 Å². The summed E-state index contributed by atoms with van der Waals surface area (Å²) in [5, 5.41) is 10.7. The van der Waals surface area contributed by atoms with Gasteiger partial charge in [-0.15, -0.1) is 8.98 Å². The van der Waals surface area contributed by atoms with E-state index in [4.69, 9.17) is 11.6 Å². The SMILES string of the molecule is Cn1nc(OSF)c(C(F)(F)F)c1-n1cc(-c2ccc(Cl)c(C(=O)NC3CC3)c2)cn1. The van der Waals surface area contributed by atoms with Crippen molar-refractivity contribution in [1.29, 1.82) is 0 Å². The molecule has 7 nitrogen and oxygen atoms in total. The lowest BCUT2D eigenvalue weighted by Crippen LogP contribution is -2.25. The first-order valence-corrected chi connectivity index (χ1v) is 9.96. The minimum Gasteiger partial charge on any atom is -0.374 e. The van der Waals surface area contributed by atoms with Crippen molar-refractivity contribution in [3.63, 3.8) is 0 Å². The van der Waals surface area contributed by atoms with Gasteiger partial charge in [-0.1, -0.05) is 17.7 Å². The van der Waals surface area contributed by atoms with Crippen LogP contribution in [-0.2, 0) is 13.2 Å². The highest BCUT2D eigenvalue weighted by Gasteiger charge is 2.42. The summed E-state index contributed by atoms with van der Waals surface area (Å²) in [6, 6.07) is 4.84.